The van der Waals surface area contributed by atoms with Crippen molar-refractivity contribution in [3.63, 3.8) is 0 Å². The Morgan fingerprint density at radius 2 is 0.824 bits per heavy atom. The molecule has 0 aromatic carbocycles. The van der Waals surface area contributed by atoms with E-state index in [1.807, 2.05) is 10.6 Å². The summed E-state index contributed by atoms with van der Waals surface area (Å²) in [6, 6.07) is -16.7. The number of nitrogens with one attached hydrogen (secondary N) is 12. The maximum Gasteiger partial charge on any atom is 0.326 e. The fourth-order valence-corrected chi connectivity index (χ4v) is 9.15. The third kappa shape index (κ3) is 33.7. The van der Waals surface area contributed by atoms with Crippen LogP contribution in [0.15, 0.2) is 0 Å². The highest BCUT2D eigenvalue weighted by molar-refractivity contribution is 7.98. The van der Waals surface area contributed by atoms with E-state index in [0.29, 0.717) is 31.6 Å². The lowest BCUT2D eigenvalue weighted by molar-refractivity contribution is -0.144. The monoisotopic (exact) mass is 1360 g/mol. The van der Waals surface area contributed by atoms with E-state index >= 15 is 0 Å². The summed E-state index contributed by atoms with van der Waals surface area (Å²) < 4.78 is 0. The van der Waals surface area contributed by atoms with Gasteiger partial charge in [-0.1, -0.05) is 27.7 Å². The number of aliphatic hydroxyl groups is 2. The minimum atomic E-state index is -1.92. The number of carbonyl (C=O) groups excluding carboxylic acids is 12. The van der Waals surface area contributed by atoms with Crippen LogP contribution in [0.25, 0.3) is 0 Å². The van der Waals surface area contributed by atoms with Gasteiger partial charge in [-0.15, -0.1) is 0 Å². The number of aliphatic carboxylic acids is 3. The van der Waals surface area contributed by atoms with Crippen LogP contribution in [0.1, 0.15) is 98.3 Å². The maximum absolute atomic E-state index is 13.9. The Morgan fingerprint density at radius 3 is 1.26 bits per heavy atom. The van der Waals surface area contributed by atoms with Crippen molar-refractivity contribution in [2.45, 2.75) is 165 Å². The Kier molecular flexibility index (Phi) is 42.4. The number of thiol groups is 2. The number of rotatable bonds is 48. The van der Waals surface area contributed by atoms with Crippen LogP contribution >= 0.6 is 37.0 Å². The number of aliphatic hydroxyl groups excluding tert-OH is 2. The molecule has 0 aliphatic carbocycles. The number of hydrogen-bond donors (Lipinski definition) is 22. The average Bonchev–Trinajstić information content (AvgIpc) is 3.70. The minimum absolute atomic E-state index is 0.0313. The van der Waals surface area contributed by atoms with E-state index in [1.54, 1.807) is 20.1 Å². The first-order valence-corrected chi connectivity index (χ1v) is 31.8. The Labute approximate surface area is 541 Å². The zero-order chi connectivity index (χ0) is 69.5. The van der Waals surface area contributed by atoms with Gasteiger partial charge in [0.05, 0.1) is 32.7 Å². The van der Waals surface area contributed by atoms with Crippen LogP contribution in [0.5, 0.6) is 0 Å². The normalized spacial score (nSPS) is 14.7. The van der Waals surface area contributed by atoms with E-state index in [1.165, 1.54) is 25.6 Å². The Morgan fingerprint density at radius 1 is 0.429 bits per heavy atom. The summed E-state index contributed by atoms with van der Waals surface area (Å²) in [4.78, 5) is 195. The Bertz CT molecular complexity index is 2450. The van der Waals surface area contributed by atoms with E-state index in [9.17, 15) is 92.3 Å². The van der Waals surface area contributed by atoms with Crippen LogP contribution in [0.2, 0.25) is 0 Å². The zero-order valence-corrected chi connectivity index (χ0v) is 54.1. The maximum atomic E-state index is 13.9. The van der Waals surface area contributed by atoms with Gasteiger partial charge in [-0.05, 0) is 94.7 Å². The highest BCUT2D eigenvalue weighted by atomic mass is 32.2. The van der Waals surface area contributed by atoms with E-state index in [0.717, 1.165) is 0 Å². The lowest BCUT2D eigenvalue weighted by Gasteiger charge is -2.28. The molecule has 0 unspecified atom stereocenters. The Balaban J connectivity index is 6.23. The number of carboxylic acid groups (broad SMARTS) is 3. The molecule has 0 aromatic heterocycles. The van der Waals surface area contributed by atoms with Gasteiger partial charge in [0.2, 0.25) is 70.9 Å². The standard InChI is InChI=1S/C53H93N15O20S3/c1-26(2)18-32(63-50(84)36(24-89)66-46(80)30(14-17-91-5)60-44(78)28(10-6-8-15-54)58-38(71)20-56)47(81)65-35(23-70)49(83)67-37(25-90)51(85)68-42(27(3)4)52(86)61-29(11-7-9-16-55)45(79)64-34(22-69)43(77)57-21-39(72)59-33(19-41(75)76)48(82)62-31(53(87)88)12-13-40(73)74/h26-37,42,69-70,89-90H,6-25,54-56H2,1-5H3,(H,57,77)(H,58,71)(H,59,72)(H,60,78)(H,61,86)(H,62,82)(H,63,84)(H,64,79)(H,65,81)(H,66,80)(H,67,83)(H,68,85)(H,73,74)(H,75,76)(H,87,88)/t28-,29-,30-,31-,32-,33-,34-,35-,36-,37-,42-/m0/s1. The van der Waals surface area contributed by atoms with Crippen molar-refractivity contribution >= 4 is 126 Å². The van der Waals surface area contributed by atoms with Gasteiger partial charge in [-0.2, -0.15) is 37.0 Å². The molecular weight excluding hydrogens is 1260 g/mol. The largest absolute Gasteiger partial charge is 0.481 e. The first-order chi connectivity index (χ1) is 42.9. The molecule has 0 saturated heterocycles. The Hall–Kier alpha value is -7.10. The fraction of sp³-hybridized carbons (Fsp3) is 0.717. The summed E-state index contributed by atoms with van der Waals surface area (Å²) in [5.74, 6) is -17.7. The van der Waals surface area contributed by atoms with Crippen LogP contribution in [0, 0.1) is 11.8 Å². The average molecular weight is 1360 g/mol. The third-order valence-electron chi connectivity index (χ3n) is 13.2. The highest BCUT2D eigenvalue weighted by Crippen LogP contribution is 2.12. The van der Waals surface area contributed by atoms with E-state index < -0.39 is 212 Å². The SMILES string of the molecule is CSCC[C@H](NC(=O)[C@H](CCCCN)NC(=O)CN)C(=O)N[C@@H](CS)C(=O)N[C@@H](CC(C)C)C(=O)N[C@@H](CO)C(=O)N[C@@H](CS)C(=O)N[C@H](C(=O)N[C@@H](CCCCN)C(=O)N[C@@H](CO)C(=O)NCC(=O)N[C@@H](CC(=O)O)C(=O)N[C@@H](CCC(=O)O)C(=O)O)C(C)C. The molecule has 0 rings (SSSR count). The molecular formula is C53H93N15O20S3. The quantitative estimate of drug-likeness (QED) is 0.0199. The second kappa shape index (κ2) is 46.0. The molecule has 38 heteroatoms. The molecule has 0 aliphatic heterocycles. The molecule has 35 nitrogen and oxygen atoms in total. The molecule has 0 saturated carbocycles. The van der Waals surface area contributed by atoms with Crippen LogP contribution in [-0.2, 0) is 71.9 Å². The molecule has 12 amide bonds. The van der Waals surface area contributed by atoms with Gasteiger partial charge < -0.3 is 107 Å². The number of hydrogen-bond acceptors (Lipinski definition) is 23. The van der Waals surface area contributed by atoms with Crippen molar-refractivity contribution in [2.24, 2.45) is 29.0 Å². The number of unbranched alkanes of at least 4 members (excludes halogenated alkanes) is 2. The lowest BCUT2D eigenvalue weighted by atomic mass is 10.0. The van der Waals surface area contributed by atoms with E-state index in [4.69, 9.17) is 22.3 Å². The van der Waals surface area contributed by atoms with Crippen LogP contribution < -0.4 is 81.0 Å². The minimum Gasteiger partial charge on any atom is -0.481 e. The molecule has 23 N–H and O–H groups in total. The van der Waals surface area contributed by atoms with Crippen LogP contribution in [-0.4, -0.2) is 244 Å². The summed E-state index contributed by atoms with van der Waals surface area (Å²) in [5.41, 5.74) is 16.7. The summed E-state index contributed by atoms with van der Waals surface area (Å²) in [7, 11) is 0. The molecule has 518 valence electrons. The van der Waals surface area contributed by atoms with Gasteiger partial charge in [-0.3, -0.25) is 67.1 Å². The highest BCUT2D eigenvalue weighted by Gasteiger charge is 2.37. The van der Waals surface area contributed by atoms with Gasteiger partial charge in [-0.25, -0.2) is 4.79 Å². The van der Waals surface area contributed by atoms with Crippen molar-refractivity contribution < 1.29 is 97.5 Å². The van der Waals surface area contributed by atoms with Gasteiger partial charge in [0, 0.05) is 17.9 Å². The fourth-order valence-electron chi connectivity index (χ4n) is 8.16. The van der Waals surface area contributed by atoms with Gasteiger partial charge in [0.25, 0.3) is 0 Å². The predicted octanol–water partition coefficient (Wildman–Crippen LogP) is -7.62. The lowest BCUT2D eigenvalue weighted by Crippen LogP contribution is -2.62. The number of thioether (sulfide) groups is 1. The molecule has 0 aromatic rings. The van der Waals surface area contributed by atoms with E-state index in [2.05, 4.69) is 78.4 Å². The van der Waals surface area contributed by atoms with Gasteiger partial charge in [0.1, 0.15) is 66.5 Å². The molecule has 0 bridgehead atoms. The number of nitrogens with two attached hydrogens (primary N) is 3. The van der Waals surface area contributed by atoms with Gasteiger partial charge in [0.15, 0.2) is 0 Å². The number of amides is 12. The molecule has 0 radical (unpaired) electrons. The van der Waals surface area contributed by atoms with Crippen LogP contribution in [0.4, 0.5) is 0 Å². The summed E-state index contributed by atoms with van der Waals surface area (Å²) in [6.07, 6.45) is 1.17. The first kappa shape index (κ1) is 83.9. The third-order valence-corrected chi connectivity index (χ3v) is 14.5. The van der Waals surface area contributed by atoms with Crippen molar-refractivity contribution in [1.82, 2.24) is 63.8 Å². The molecule has 91 heavy (non-hydrogen) atoms. The van der Waals surface area contributed by atoms with Crippen molar-refractivity contribution in [3.05, 3.63) is 0 Å². The zero-order valence-electron chi connectivity index (χ0n) is 51.5. The van der Waals surface area contributed by atoms with Crippen molar-refractivity contribution in [3.8, 4) is 0 Å². The smallest absolute Gasteiger partial charge is 0.326 e. The van der Waals surface area contributed by atoms with Crippen molar-refractivity contribution in [2.75, 3.05) is 62.9 Å². The summed E-state index contributed by atoms with van der Waals surface area (Å²) in [5, 5.41) is 76.2. The molecule has 11 atom stereocenters. The summed E-state index contributed by atoms with van der Waals surface area (Å²) in [6.45, 7) is 3.48. The van der Waals surface area contributed by atoms with E-state index in [-0.39, 0.29) is 50.3 Å². The molecule has 0 heterocycles. The van der Waals surface area contributed by atoms with Gasteiger partial charge >= 0.3 is 17.9 Å². The molecule has 0 fully saturated rings. The first-order valence-electron chi connectivity index (χ1n) is 29.2. The number of carboxylic acids is 3. The molecule has 0 aliphatic rings. The number of carbonyl (C=O) groups is 15. The van der Waals surface area contributed by atoms with Crippen molar-refractivity contribution in [1.29, 1.82) is 0 Å². The second-order valence-electron chi connectivity index (χ2n) is 21.5. The molecule has 0 spiro atoms. The predicted molar refractivity (Wildman–Crippen MR) is 335 cm³/mol. The summed E-state index contributed by atoms with van der Waals surface area (Å²) >= 11 is 9.79. The second-order valence-corrected chi connectivity index (χ2v) is 23.2. The van der Waals surface area contributed by atoms with Crippen LogP contribution in [0.3, 0.4) is 0 Å². The topological polar surface area (TPSA) is 580 Å².